The van der Waals surface area contributed by atoms with E-state index >= 15 is 0 Å². The molecule has 1 N–H and O–H groups in total. The quantitative estimate of drug-likeness (QED) is 0.116. The molecule has 0 bridgehead atoms. The van der Waals surface area contributed by atoms with E-state index in [9.17, 15) is 19.5 Å². The van der Waals surface area contributed by atoms with Gasteiger partial charge in [-0.05, 0) is 42.5 Å². The van der Waals surface area contributed by atoms with Crippen molar-refractivity contribution in [3.05, 3.63) is 94.0 Å². The van der Waals surface area contributed by atoms with Crippen molar-refractivity contribution in [2.45, 2.75) is 46.1 Å². The highest BCUT2D eigenvalue weighted by Crippen LogP contribution is 2.44. The topological polar surface area (TPSA) is 106 Å². The van der Waals surface area contributed by atoms with Crippen LogP contribution in [0.1, 0.15) is 65.8 Å². The predicted molar refractivity (Wildman–Crippen MR) is 155 cm³/mol. The summed E-state index contributed by atoms with van der Waals surface area (Å²) in [5.74, 6) is -2.12. The summed E-state index contributed by atoms with van der Waals surface area (Å²) in [5, 5.41) is 11.6. The van der Waals surface area contributed by atoms with Gasteiger partial charge in [-0.15, -0.1) is 0 Å². The van der Waals surface area contributed by atoms with Gasteiger partial charge >= 0.3 is 11.9 Å². The molecule has 2 aromatic carbocycles. The van der Waals surface area contributed by atoms with Crippen LogP contribution in [0.2, 0.25) is 0 Å². The lowest BCUT2D eigenvalue weighted by Crippen LogP contribution is -2.29. The average molecular weight is 561 g/mol. The molecule has 1 atom stereocenters. The number of hydrogen-bond acceptors (Lipinski definition) is 8. The number of ketones is 1. The molecule has 8 nitrogen and oxygen atoms in total. The first-order valence-corrected chi connectivity index (χ1v) is 13.7. The molecule has 0 radical (unpaired) electrons. The number of Topliss-reactive ketones (excluding diaryl/α,β-unsaturated/α-hetero) is 1. The Bertz CT molecular complexity index is 1500. The van der Waals surface area contributed by atoms with Crippen LogP contribution in [0.15, 0.2) is 66.8 Å². The van der Waals surface area contributed by atoms with Gasteiger partial charge in [0.15, 0.2) is 5.13 Å². The Morgan fingerprint density at radius 3 is 2.50 bits per heavy atom. The van der Waals surface area contributed by atoms with Gasteiger partial charge in [-0.1, -0.05) is 81.2 Å². The zero-order chi connectivity index (χ0) is 29.2. The third-order valence-electron chi connectivity index (χ3n) is 6.46. The largest absolute Gasteiger partial charge is 0.507 e. The Morgan fingerprint density at radius 1 is 1.18 bits per heavy atom. The maximum atomic E-state index is 13.5. The van der Waals surface area contributed by atoms with Crippen LogP contribution >= 0.6 is 11.3 Å². The number of nitrogens with zero attached hydrogens (tertiary/aromatic N) is 2. The van der Waals surface area contributed by atoms with Gasteiger partial charge in [-0.25, -0.2) is 9.78 Å². The number of aliphatic hydroxyl groups excluding tert-OH is 1. The van der Waals surface area contributed by atoms with Crippen LogP contribution in [-0.4, -0.2) is 41.0 Å². The monoisotopic (exact) mass is 560 g/mol. The molecule has 1 saturated heterocycles. The number of aliphatic hydroxyl groups is 1. The van der Waals surface area contributed by atoms with E-state index in [1.807, 2.05) is 31.2 Å². The molecule has 1 aromatic heterocycles. The number of aromatic nitrogens is 1. The lowest BCUT2D eigenvalue weighted by molar-refractivity contribution is -0.132. The van der Waals surface area contributed by atoms with Crippen LogP contribution in [0.25, 0.3) is 5.76 Å². The van der Waals surface area contributed by atoms with E-state index in [0.717, 1.165) is 16.9 Å². The number of anilines is 1. The molecule has 0 aliphatic carbocycles. The van der Waals surface area contributed by atoms with Gasteiger partial charge in [0.25, 0.3) is 5.78 Å². The third-order valence-corrected chi connectivity index (χ3v) is 7.60. The van der Waals surface area contributed by atoms with Gasteiger partial charge in [-0.2, -0.15) is 0 Å². The number of thiazole rings is 1. The molecule has 1 amide bonds. The normalized spacial score (nSPS) is 16.7. The smallest absolute Gasteiger partial charge is 0.350 e. The number of amides is 1. The summed E-state index contributed by atoms with van der Waals surface area (Å²) in [6.45, 7) is 13.7. The van der Waals surface area contributed by atoms with E-state index in [0.29, 0.717) is 29.2 Å². The Hall–Kier alpha value is -4.24. The van der Waals surface area contributed by atoms with E-state index < -0.39 is 23.7 Å². The first-order chi connectivity index (χ1) is 19.0. The summed E-state index contributed by atoms with van der Waals surface area (Å²) in [4.78, 5) is 45.6. The SMILES string of the molecule is C=CCOC(=O)c1sc(N2C(=O)C(=O)C(=C(O)c3cccc(OCC)c3)C2c2ccc(C(C)(C)C)cc2)nc1C. The molecular formula is C31H32N2O6S. The average Bonchev–Trinajstić information content (AvgIpc) is 3.43. The second kappa shape index (κ2) is 11.5. The van der Waals surface area contributed by atoms with Gasteiger partial charge < -0.3 is 14.6 Å². The van der Waals surface area contributed by atoms with Crippen molar-refractivity contribution in [3.8, 4) is 5.75 Å². The fourth-order valence-corrected chi connectivity index (χ4v) is 5.43. The molecule has 0 spiro atoms. The fraction of sp³-hybridized carbons (Fsp3) is 0.290. The highest BCUT2D eigenvalue weighted by atomic mass is 32.1. The lowest BCUT2D eigenvalue weighted by atomic mass is 9.85. The number of esters is 1. The Morgan fingerprint density at radius 2 is 1.88 bits per heavy atom. The maximum absolute atomic E-state index is 13.5. The van der Waals surface area contributed by atoms with E-state index in [1.54, 1.807) is 31.2 Å². The molecule has 9 heteroatoms. The van der Waals surface area contributed by atoms with E-state index in [1.165, 1.54) is 11.0 Å². The van der Waals surface area contributed by atoms with Crippen LogP contribution in [0.5, 0.6) is 5.75 Å². The lowest BCUT2D eigenvalue weighted by Gasteiger charge is -2.25. The molecule has 1 aliphatic rings. The van der Waals surface area contributed by atoms with Crippen molar-refractivity contribution in [1.29, 1.82) is 0 Å². The molecular weight excluding hydrogens is 528 g/mol. The minimum atomic E-state index is -0.979. The van der Waals surface area contributed by atoms with Gasteiger partial charge in [0, 0.05) is 5.56 Å². The van der Waals surface area contributed by atoms with Gasteiger partial charge in [0.1, 0.15) is 23.0 Å². The molecule has 3 aromatic rings. The third kappa shape index (κ3) is 5.56. The summed E-state index contributed by atoms with van der Waals surface area (Å²) in [6.07, 6.45) is 1.45. The number of benzene rings is 2. The van der Waals surface area contributed by atoms with Crippen molar-refractivity contribution in [3.63, 3.8) is 0 Å². The minimum Gasteiger partial charge on any atom is -0.507 e. The van der Waals surface area contributed by atoms with Gasteiger partial charge in [0.05, 0.1) is 23.9 Å². The zero-order valence-corrected chi connectivity index (χ0v) is 24.0. The molecule has 1 fully saturated rings. The second-order valence-electron chi connectivity index (χ2n) is 10.3. The number of ether oxygens (including phenoxy) is 2. The molecule has 0 saturated carbocycles. The van der Waals surface area contributed by atoms with Crippen LogP contribution < -0.4 is 9.64 Å². The van der Waals surface area contributed by atoms with Crippen molar-refractivity contribution in [2.75, 3.05) is 18.1 Å². The fourth-order valence-electron chi connectivity index (χ4n) is 4.44. The number of aryl methyl sites for hydroxylation is 1. The van der Waals surface area contributed by atoms with Crippen LogP contribution in [-0.2, 0) is 19.7 Å². The maximum Gasteiger partial charge on any atom is 0.350 e. The minimum absolute atomic E-state index is 0.0248. The highest BCUT2D eigenvalue weighted by molar-refractivity contribution is 7.17. The number of carbonyl (C=O) groups excluding carboxylic acids is 3. The summed E-state index contributed by atoms with van der Waals surface area (Å²) >= 11 is 0.954. The Labute approximate surface area is 237 Å². The first-order valence-electron chi connectivity index (χ1n) is 12.9. The first kappa shape index (κ1) is 28.8. The number of rotatable bonds is 8. The van der Waals surface area contributed by atoms with Crippen molar-refractivity contribution < 1.29 is 29.0 Å². The standard InChI is InChI=1S/C31H32N2O6S/c1-7-16-39-29(37)27-18(3)32-30(40-27)33-24(19-12-14-21(15-13-19)31(4,5)6)23(26(35)28(33)36)25(34)20-10-9-11-22(17-20)38-8-2/h7,9-15,17,24,34H,1,8,16H2,2-6H3. The highest BCUT2D eigenvalue weighted by Gasteiger charge is 2.48. The molecule has 1 unspecified atom stereocenters. The van der Waals surface area contributed by atoms with Gasteiger partial charge in [-0.3, -0.25) is 14.5 Å². The molecule has 1 aliphatic heterocycles. The second-order valence-corrected chi connectivity index (χ2v) is 11.3. The molecule has 208 valence electrons. The van der Waals surface area contributed by atoms with E-state index in [-0.39, 0.29) is 33.4 Å². The summed E-state index contributed by atoms with van der Waals surface area (Å²) in [7, 11) is 0. The summed E-state index contributed by atoms with van der Waals surface area (Å²) < 4.78 is 10.7. The van der Waals surface area contributed by atoms with E-state index in [4.69, 9.17) is 9.47 Å². The number of carbonyl (C=O) groups is 3. The number of hydrogen-bond donors (Lipinski definition) is 1. The van der Waals surface area contributed by atoms with Crippen molar-refractivity contribution >= 4 is 39.9 Å². The predicted octanol–water partition coefficient (Wildman–Crippen LogP) is 6.12. The zero-order valence-electron chi connectivity index (χ0n) is 23.2. The Kier molecular flexibility index (Phi) is 8.25. The van der Waals surface area contributed by atoms with Crippen molar-refractivity contribution in [2.24, 2.45) is 0 Å². The Balaban J connectivity index is 1.89. The van der Waals surface area contributed by atoms with E-state index in [2.05, 4.69) is 32.3 Å². The van der Waals surface area contributed by atoms with Crippen LogP contribution in [0.3, 0.4) is 0 Å². The summed E-state index contributed by atoms with van der Waals surface area (Å²) in [6, 6.07) is 13.3. The van der Waals surface area contributed by atoms with Crippen molar-refractivity contribution in [1.82, 2.24) is 4.98 Å². The summed E-state index contributed by atoms with van der Waals surface area (Å²) in [5.41, 5.74) is 2.18. The molecule has 4 rings (SSSR count). The molecule has 2 heterocycles. The van der Waals surface area contributed by atoms with Crippen LogP contribution in [0, 0.1) is 6.92 Å². The molecule has 40 heavy (non-hydrogen) atoms. The van der Waals surface area contributed by atoms with Gasteiger partial charge in [0.2, 0.25) is 0 Å². The van der Waals surface area contributed by atoms with Crippen LogP contribution in [0.4, 0.5) is 5.13 Å².